The van der Waals surface area contributed by atoms with Crippen LogP contribution in [0, 0.1) is 0 Å². The molecule has 1 atom stereocenters. The Balaban J connectivity index is 2.28. The predicted molar refractivity (Wildman–Crippen MR) is 80.9 cm³/mol. The van der Waals surface area contributed by atoms with Gasteiger partial charge in [0.05, 0.1) is 6.61 Å². The molecule has 21 heavy (non-hydrogen) atoms. The molecule has 0 aromatic rings. The first kappa shape index (κ1) is 16.3. The molecule has 0 aromatic carbocycles. The third-order valence-electron chi connectivity index (χ3n) is 5.10. The third-order valence-corrected chi connectivity index (χ3v) is 5.10. The zero-order valence-corrected chi connectivity index (χ0v) is 13.5. The van der Waals surface area contributed by atoms with Gasteiger partial charge in [-0.1, -0.05) is 26.2 Å². The Labute approximate surface area is 127 Å². The average Bonchev–Trinajstić information content (AvgIpc) is 2.50. The van der Waals surface area contributed by atoms with Crippen molar-refractivity contribution in [2.24, 2.45) is 0 Å². The number of hydrogen-bond acceptors (Lipinski definition) is 3. The van der Waals surface area contributed by atoms with E-state index in [1.807, 2.05) is 25.7 Å². The van der Waals surface area contributed by atoms with E-state index in [-0.39, 0.29) is 11.8 Å². The minimum atomic E-state index is -0.772. The summed E-state index contributed by atoms with van der Waals surface area (Å²) in [5, 5.41) is 3.00. The highest BCUT2D eigenvalue weighted by Gasteiger charge is 2.55. The molecule has 120 valence electrons. The lowest BCUT2D eigenvalue weighted by molar-refractivity contribution is -0.166. The van der Waals surface area contributed by atoms with Crippen LogP contribution in [0.2, 0.25) is 0 Å². The molecule has 5 nitrogen and oxygen atoms in total. The summed E-state index contributed by atoms with van der Waals surface area (Å²) in [6.45, 7) is 7.35. The van der Waals surface area contributed by atoms with Crippen molar-refractivity contribution in [1.29, 1.82) is 0 Å². The van der Waals surface area contributed by atoms with Crippen LogP contribution in [0.15, 0.2) is 0 Å². The van der Waals surface area contributed by atoms with Crippen LogP contribution in [-0.4, -0.2) is 47.6 Å². The minimum absolute atomic E-state index is 0.0302. The Morgan fingerprint density at radius 1 is 1.19 bits per heavy atom. The van der Waals surface area contributed by atoms with E-state index >= 15 is 0 Å². The van der Waals surface area contributed by atoms with E-state index in [0.29, 0.717) is 26.2 Å². The molecule has 5 heteroatoms. The van der Waals surface area contributed by atoms with E-state index in [4.69, 9.17) is 4.74 Å². The molecule has 1 unspecified atom stereocenters. The second-order valence-corrected chi connectivity index (χ2v) is 6.39. The van der Waals surface area contributed by atoms with Crippen LogP contribution in [-0.2, 0) is 14.3 Å². The Bertz CT molecular complexity index is 404. The SMILES string of the molecule is CCOCCN1C(=O)C(C)(CC)NC(=O)C12CCCCC2. The van der Waals surface area contributed by atoms with Crippen molar-refractivity contribution >= 4 is 11.8 Å². The van der Waals surface area contributed by atoms with Crippen molar-refractivity contribution in [3.8, 4) is 0 Å². The van der Waals surface area contributed by atoms with E-state index in [2.05, 4.69) is 5.32 Å². The zero-order valence-electron chi connectivity index (χ0n) is 13.5. The maximum Gasteiger partial charge on any atom is 0.249 e. The number of carbonyl (C=O) groups excluding carboxylic acids is 2. The van der Waals surface area contributed by atoms with Crippen LogP contribution in [0.1, 0.15) is 59.3 Å². The number of ether oxygens (including phenoxy) is 1. The van der Waals surface area contributed by atoms with E-state index in [1.54, 1.807) is 0 Å². The van der Waals surface area contributed by atoms with Gasteiger partial charge in [-0.25, -0.2) is 0 Å². The molecule has 2 fully saturated rings. The van der Waals surface area contributed by atoms with Crippen molar-refractivity contribution in [3.05, 3.63) is 0 Å². The van der Waals surface area contributed by atoms with Gasteiger partial charge < -0.3 is 15.0 Å². The van der Waals surface area contributed by atoms with Gasteiger partial charge in [-0.15, -0.1) is 0 Å². The topological polar surface area (TPSA) is 58.6 Å². The summed E-state index contributed by atoms with van der Waals surface area (Å²) in [6.07, 6.45) is 5.32. The molecule has 2 aliphatic rings. The van der Waals surface area contributed by atoms with Crippen LogP contribution >= 0.6 is 0 Å². The van der Waals surface area contributed by atoms with Gasteiger partial charge >= 0.3 is 0 Å². The number of rotatable bonds is 5. The van der Waals surface area contributed by atoms with E-state index < -0.39 is 11.1 Å². The van der Waals surface area contributed by atoms with Crippen LogP contribution < -0.4 is 5.32 Å². The molecule has 2 rings (SSSR count). The monoisotopic (exact) mass is 296 g/mol. The number of nitrogens with zero attached hydrogens (tertiary/aromatic N) is 1. The summed E-state index contributed by atoms with van der Waals surface area (Å²) in [5.74, 6) is 0.0776. The second-order valence-electron chi connectivity index (χ2n) is 6.39. The van der Waals surface area contributed by atoms with Gasteiger partial charge in [0.2, 0.25) is 11.8 Å². The van der Waals surface area contributed by atoms with Gasteiger partial charge in [-0.05, 0) is 33.1 Å². The lowest BCUT2D eigenvalue weighted by atomic mass is 9.75. The number of carbonyl (C=O) groups is 2. The molecule has 1 heterocycles. The lowest BCUT2D eigenvalue weighted by Crippen LogP contribution is -2.75. The maximum atomic E-state index is 12.9. The molecule has 2 amide bonds. The molecule has 1 saturated carbocycles. The second kappa shape index (κ2) is 6.34. The smallest absolute Gasteiger partial charge is 0.249 e. The van der Waals surface area contributed by atoms with Crippen LogP contribution in [0.5, 0.6) is 0 Å². The lowest BCUT2D eigenvalue weighted by Gasteiger charge is -2.53. The third kappa shape index (κ3) is 2.80. The Morgan fingerprint density at radius 2 is 1.86 bits per heavy atom. The van der Waals surface area contributed by atoms with E-state index in [1.165, 1.54) is 0 Å². The average molecular weight is 296 g/mol. The molecule has 0 aromatic heterocycles. The molecule has 1 aliphatic carbocycles. The molecule has 1 saturated heterocycles. The number of piperazine rings is 1. The molecule has 0 bridgehead atoms. The van der Waals surface area contributed by atoms with E-state index in [0.717, 1.165) is 32.1 Å². The fraction of sp³-hybridized carbons (Fsp3) is 0.875. The zero-order chi connectivity index (χ0) is 15.5. The van der Waals surface area contributed by atoms with Gasteiger partial charge in [-0.2, -0.15) is 0 Å². The molecule has 0 radical (unpaired) electrons. The standard InChI is InChI=1S/C16H28N2O3/c1-4-15(3)14(20)18(11-12-21-5-2)16(13(19)17-15)9-7-6-8-10-16/h4-12H2,1-3H3,(H,17,19). The quantitative estimate of drug-likeness (QED) is 0.788. The summed E-state index contributed by atoms with van der Waals surface area (Å²) in [4.78, 5) is 27.6. The summed E-state index contributed by atoms with van der Waals surface area (Å²) in [7, 11) is 0. The molecule has 1 aliphatic heterocycles. The Hall–Kier alpha value is -1.10. The minimum Gasteiger partial charge on any atom is -0.380 e. The highest BCUT2D eigenvalue weighted by molar-refractivity contribution is 6.02. The normalized spacial score (nSPS) is 28.8. The first-order valence-corrected chi connectivity index (χ1v) is 8.22. The maximum absolute atomic E-state index is 12.9. The van der Waals surface area contributed by atoms with Crippen molar-refractivity contribution in [1.82, 2.24) is 10.2 Å². The first-order chi connectivity index (χ1) is 10.00. The molecular formula is C16H28N2O3. The Morgan fingerprint density at radius 3 is 2.43 bits per heavy atom. The van der Waals surface area contributed by atoms with Crippen molar-refractivity contribution < 1.29 is 14.3 Å². The molecule has 1 spiro atoms. The van der Waals surface area contributed by atoms with Gasteiger partial charge in [0.15, 0.2) is 0 Å². The summed E-state index contributed by atoms with van der Waals surface area (Å²) in [5.41, 5.74) is -1.41. The largest absolute Gasteiger partial charge is 0.380 e. The van der Waals surface area contributed by atoms with Gasteiger partial charge in [0, 0.05) is 13.2 Å². The fourth-order valence-corrected chi connectivity index (χ4v) is 3.52. The fourth-order valence-electron chi connectivity index (χ4n) is 3.52. The molecular weight excluding hydrogens is 268 g/mol. The highest BCUT2D eigenvalue weighted by Crippen LogP contribution is 2.39. The summed E-state index contributed by atoms with van der Waals surface area (Å²) >= 11 is 0. The number of nitrogens with one attached hydrogen (secondary N) is 1. The van der Waals surface area contributed by atoms with Crippen LogP contribution in [0.25, 0.3) is 0 Å². The Kier molecular flexibility index (Phi) is 4.91. The highest BCUT2D eigenvalue weighted by atomic mass is 16.5. The van der Waals surface area contributed by atoms with Crippen LogP contribution in [0.3, 0.4) is 0 Å². The van der Waals surface area contributed by atoms with Gasteiger partial charge in [-0.3, -0.25) is 9.59 Å². The van der Waals surface area contributed by atoms with Gasteiger partial charge in [0.1, 0.15) is 11.1 Å². The summed E-state index contributed by atoms with van der Waals surface area (Å²) in [6, 6.07) is 0. The first-order valence-electron chi connectivity index (χ1n) is 8.22. The van der Waals surface area contributed by atoms with Gasteiger partial charge in [0.25, 0.3) is 0 Å². The van der Waals surface area contributed by atoms with Crippen molar-refractivity contribution in [2.45, 2.75) is 70.4 Å². The van der Waals surface area contributed by atoms with Crippen molar-refractivity contribution in [2.75, 3.05) is 19.8 Å². The van der Waals surface area contributed by atoms with Crippen molar-refractivity contribution in [3.63, 3.8) is 0 Å². The van der Waals surface area contributed by atoms with Crippen LogP contribution in [0.4, 0.5) is 0 Å². The molecule has 1 N–H and O–H groups in total. The predicted octanol–water partition coefficient (Wildman–Crippen LogP) is 1.85. The summed E-state index contributed by atoms with van der Waals surface area (Å²) < 4.78 is 5.43. The van der Waals surface area contributed by atoms with E-state index in [9.17, 15) is 9.59 Å². The number of hydrogen-bond donors (Lipinski definition) is 1. The number of amides is 2.